The molecule has 0 bridgehead atoms. The second kappa shape index (κ2) is 6.24. The molecule has 3 aromatic rings. The number of hydrogen-bond donors (Lipinski definition) is 1. The van der Waals surface area contributed by atoms with Crippen molar-refractivity contribution in [3.63, 3.8) is 0 Å². The number of nitrogens with zero attached hydrogens (tertiary/aromatic N) is 4. The highest BCUT2D eigenvalue weighted by Crippen LogP contribution is 2.41. The number of aromatic nitrogens is 4. The van der Waals surface area contributed by atoms with E-state index in [2.05, 4.69) is 57.0 Å². The van der Waals surface area contributed by atoms with Crippen LogP contribution in [-0.2, 0) is 10.8 Å². The van der Waals surface area contributed by atoms with Crippen LogP contribution < -0.4 is 0 Å². The molecular formula is C21H26N4O. The van der Waals surface area contributed by atoms with Crippen molar-refractivity contribution in [2.24, 2.45) is 0 Å². The van der Waals surface area contributed by atoms with Crippen LogP contribution in [0.5, 0.6) is 5.75 Å². The minimum atomic E-state index is -0.199. The lowest BCUT2D eigenvalue weighted by Crippen LogP contribution is -2.17. The molecule has 1 heterocycles. The summed E-state index contributed by atoms with van der Waals surface area (Å²) in [5.41, 5.74) is 3.09. The molecule has 3 rings (SSSR count). The van der Waals surface area contributed by atoms with Crippen molar-refractivity contribution in [3.8, 4) is 22.8 Å². The van der Waals surface area contributed by atoms with Crippen LogP contribution in [-0.4, -0.2) is 25.3 Å². The van der Waals surface area contributed by atoms with Crippen molar-refractivity contribution in [1.82, 2.24) is 20.2 Å². The van der Waals surface area contributed by atoms with Crippen LogP contribution in [0.2, 0.25) is 0 Å². The van der Waals surface area contributed by atoms with Crippen LogP contribution >= 0.6 is 0 Å². The van der Waals surface area contributed by atoms with Gasteiger partial charge in [-0.2, -0.15) is 0 Å². The number of phenols is 1. The summed E-state index contributed by atoms with van der Waals surface area (Å²) in [6, 6.07) is 13.6. The van der Waals surface area contributed by atoms with Gasteiger partial charge in [-0.3, -0.25) is 0 Å². The maximum atomic E-state index is 10.9. The first kappa shape index (κ1) is 18.1. The lowest BCUT2D eigenvalue weighted by molar-refractivity contribution is 0.423. The average molecular weight is 350 g/mol. The van der Waals surface area contributed by atoms with Crippen molar-refractivity contribution >= 4 is 0 Å². The van der Waals surface area contributed by atoms with E-state index in [-0.39, 0.29) is 10.8 Å². The minimum absolute atomic E-state index is 0.199. The fourth-order valence-electron chi connectivity index (χ4n) is 2.91. The van der Waals surface area contributed by atoms with Gasteiger partial charge in [0.1, 0.15) is 5.75 Å². The fourth-order valence-corrected chi connectivity index (χ4v) is 2.91. The van der Waals surface area contributed by atoms with E-state index >= 15 is 0 Å². The summed E-state index contributed by atoms with van der Waals surface area (Å²) < 4.78 is 0. The van der Waals surface area contributed by atoms with Crippen LogP contribution in [0.25, 0.3) is 17.1 Å². The Labute approximate surface area is 154 Å². The topological polar surface area (TPSA) is 63.8 Å². The fraction of sp³-hybridized carbons (Fsp3) is 0.381. The quantitative estimate of drug-likeness (QED) is 0.732. The Kier molecular flexibility index (Phi) is 4.34. The molecule has 0 amide bonds. The van der Waals surface area contributed by atoms with E-state index in [0.717, 1.165) is 22.4 Å². The monoisotopic (exact) mass is 350 g/mol. The molecule has 0 aliphatic rings. The second-order valence-electron chi connectivity index (χ2n) is 8.66. The molecule has 5 nitrogen and oxygen atoms in total. The normalized spacial score (nSPS) is 12.4. The van der Waals surface area contributed by atoms with E-state index in [1.165, 1.54) is 4.80 Å². The molecule has 0 aliphatic heterocycles. The summed E-state index contributed by atoms with van der Waals surface area (Å²) in [5, 5.41) is 23.8. The molecule has 0 radical (unpaired) electrons. The molecule has 2 aromatic carbocycles. The van der Waals surface area contributed by atoms with Crippen LogP contribution in [0, 0.1) is 0 Å². The molecule has 0 spiro atoms. The number of tetrazole rings is 1. The molecule has 136 valence electrons. The predicted molar refractivity (Wildman–Crippen MR) is 104 cm³/mol. The van der Waals surface area contributed by atoms with E-state index < -0.39 is 0 Å². The zero-order chi connectivity index (χ0) is 19.1. The largest absolute Gasteiger partial charge is 0.507 e. The lowest BCUT2D eigenvalue weighted by Gasteiger charge is -2.27. The van der Waals surface area contributed by atoms with Crippen molar-refractivity contribution in [2.75, 3.05) is 0 Å². The molecule has 0 unspecified atom stereocenters. The highest BCUT2D eigenvalue weighted by Gasteiger charge is 2.27. The Hall–Kier alpha value is -2.69. The number of hydrogen-bond acceptors (Lipinski definition) is 4. The summed E-state index contributed by atoms with van der Waals surface area (Å²) in [6.07, 6.45) is 0. The van der Waals surface area contributed by atoms with E-state index in [0.29, 0.717) is 11.6 Å². The van der Waals surface area contributed by atoms with E-state index in [1.54, 1.807) is 0 Å². The lowest BCUT2D eigenvalue weighted by atomic mass is 9.78. The Morgan fingerprint density at radius 1 is 0.846 bits per heavy atom. The molecule has 5 heteroatoms. The number of aromatic hydroxyl groups is 1. The molecule has 0 fully saturated rings. The van der Waals surface area contributed by atoms with Gasteiger partial charge in [-0.15, -0.1) is 15.0 Å². The first-order chi connectivity index (χ1) is 12.1. The maximum absolute atomic E-state index is 10.9. The van der Waals surface area contributed by atoms with Crippen LogP contribution in [0.15, 0.2) is 42.5 Å². The Balaban J connectivity index is 2.15. The van der Waals surface area contributed by atoms with Crippen LogP contribution in [0.4, 0.5) is 0 Å². The van der Waals surface area contributed by atoms with Crippen molar-refractivity contribution in [1.29, 1.82) is 0 Å². The zero-order valence-electron chi connectivity index (χ0n) is 16.3. The number of para-hydroxylation sites is 1. The SMILES string of the molecule is CC(C)(C)c1cc(-c2nnn(-c3ccccc3)n2)cc(C(C)(C)C)c1O. The molecule has 1 aromatic heterocycles. The predicted octanol–water partition coefficient (Wildman–Crippen LogP) is 4.63. The van der Waals surface area contributed by atoms with Gasteiger partial charge in [0.2, 0.25) is 5.82 Å². The zero-order valence-corrected chi connectivity index (χ0v) is 16.3. The van der Waals surface area contributed by atoms with Crippen LogP contribution in [0.3, 0.4) is 0 Å². The third-order valence-electron chi connectivity index (χ3n) is 4.38. The summed E-state index contributed by atoms with van der Waals surface area (Å²) in [5.74, 6) is 0.897. The van der Waals surface area contributed by atoms with Gasteiger partial charge in [-0.1, -0.05) is 59.7 Å². The molecule has 0 atom stereocenters. The Bertz CT molecular complexity index is 880. The number of phenolic OH excluding ortho intramolecular Hbond substituents is 1. The van der Waals surface area contributed by atoms with Gasteiger partial charge in [-0.05, 0) is 40.3 Å². The highest BCUT2D eigenvalue weighted by atomic mass is 16.3. The summed E-state index contributed by atoms with van der Waals surface area (Å²) in [4.78, 5) is 1.52. The minimum Gasteiger partial charge on any atom is -0.507 e. The number of rotatable bonds is 2. The Morgan fingerprint density at radius 3 is 1.88 bits per heavy atom. The average Bonchev–Trinajstić information content (AvgIpc) is 3.03. The highest BCUT2D eigenvalue weighted by molar-refractivity contribution is 5.63. The Morgan fingerprint density at radius 2 is 1.38 bits per heavy atom. The summed E-state index contributed by atoms with van der Waals surface area (Å²) in [6.45, 7) is 12.5. The molecule has 0 aliphatic carbocycles. The first-order valence-corrected chi connectivity index (χ1v) is 8.81. The maximum Gasteiger partial charge on any atom is 0.205 e. The number of benzene rings is 2. The third kappa shape index (κ3) is 3.47. The van der Waals surface area contributed by atoms with Gasteiger partial charge in [-0.25, -0.2) is 0 Å². The molecule has 0 saturated carbocycles. The van der Waals surface area contributed by atoms with Gasteiger partial charge < -0.3 is 5.11 Å². The van der Waals surface area contributed by atoms with Gasteiger partial charge in [0, 0.05) is 16.7 Å². The smallest absolute Gasteiger partial charge is 0.205 e. The van der Waals surface area contributed by atoms with Crippen molar-refractivity contribution in [2.45, 2.75) is 52.4 Å². The van der Waals surface area contributed by atoms with Gasteiger partial charge >= 0.3 is 0 Å². The molecule has 26 heavy (non-hydrogen) atoms. The second-order valence-corrected chi connectivity index (χ2v) is 8.66. The van der Waals surface area contributed by atoms with Gasteiger partial charge in [0.25, 0.3) is 0 Å². The summed E-state index contributed by atoms with van der Waals surface area (Å²) >= 11 is 0. The molecule has 0 saturated heterocycles. The van der Waals surface area contributed by atoms with Gasteiger partial charge in [0.15, 0.2) is 0 Å². The standard InChI is InChI=1S/C21H26N4O/c1-20(2,3)16-12-14(13-17(18(16)26)21(4,5)6)19-22-24-25(23-19)15-10-8-7-9-11-15/h7-13,26H,1-6H3. The third-order valence-corrected chi connectivity index (χ3v) is 4.38. The van der Waals surface area contributed by atoms with Crippen LogP contribution in [0.1, 0.15) is 52.7 Å². The van der Waals surface area contributed by atoms with Gasteiger partial charge in [0.05, 0.1) is 5.69 Å². The first-order valence-electron chi connectivity index (χ1n) is 8.81. The molecule has 1 N–H and O–H groups in total. The van der Waals surface area contributed by atoms with Crippen molar-refractivity contribution in [3.05, 3.63) is 53.6 Å². The summed E-state index contributed by atoms with van der Waals surface area (Å²) in [7, 11) is 0. The van der Waals surface area contributed by atoms with E-state index in [4.69, 9.17) is 0 Å². The molecular weight excluding hydrogens is 324 g/mol. The van der Waals surface area contributed by atoms with E-state index in [9.17, 15) is 5.11 Å². The van der Waals surface area contributed by atoms with E-state index in [1.807, 2.05) is 42.5 Å². The van der Waals surface area contributed by atoms with Crippen molar-refractivity contribution < 1.29 is 5.11 Å².